The van der Waals surface area contributed by atoms with Crippen molar-refractivity contribution >= 4 is 38.2 Å². The number of aromatic nitrogens is 2. The van der Waals surface area contributed by atoms with Gasteiger partial charge in [-0.15, -0.1) is 11.3 Å². The fourth-order valence-corrected chi connectivity index (χ4v) is 4.74. The predicted octanol–water partition coefficient (Wildman–Crippen LogP) is 2.56. The van der Waals surface area contributed by atoms with E-state index in [0.717, 1.165) is 54.4 Å². The second-order valence-corrected chi connectivity index (χ2v) is 8.21. The first-order chi connectivity index (χ1) is 11.2. The molecule has 1 saturated heterocycles. The molecule has 1 atom stereocenters. The maximum Gasteiger partial charge on any atom is 0.180 e. The smallest absolute Gasteiger partial charge is 0.180 e. The number of halogens is 1. The van der Waals surface area contributed by atoms with Gasteiger partial charge >= 0.3 is 0 Å². The summed E-state index contributed by atoms with van der Waals surface area (Å²) in [6.45, 7) is 4.30. The van der Waals surface area contributed by atoms with Gasteiger partial charge in [-0.1, -0.05) is 0 Å². The first-order valence-electron chi connectivity index (χ1n) is 8.03. The van der Waals surface area contributed by atoms with E-state index in [4.69, 9.17) is 5.73 Å². The van der Waals surface area contributed by atoms with Gasteiger partial charge in [-0.05, 0) is 47.3 Å². The molecule has 122 valence electrons. The lowest BCUT2D eigenvalue weighted by molar-refractivity contribution is 0.170. The third-order valence-corrected chi connectivity index (χ3v) is 6.21. The minimum absolute atomic E-state index is 0.641. The molecule has 23 heavy (non-hydrogen) atoms. The average molecular weight is 394 g/mol. The van der Waals surface area contributed by atoms with Crippen molar-refractivity contribution in [3.05, 3.63) is 33.4 Å². The summed E-state index contributed by atoms with van der Waals surface area (Å²) >= 11 is 5.12. The molecule has 5 nitrogen and oxygen atoms in total. The highest BCUT2D eigenvalue weighted by Gasteiger charge is 2.29. The Hall–Kier alpha value is -1.18. The maximum absolute atomic E-state index is 5.85. The summed E-state index contributed by atoms with van der Waals surface area (Å²) in [5.41, 5.74) is 7.09. The van der Waals surface area contributed by atoms with Crippen LogP contribution in [0.4, 0.5) is 10.9 Å². The second-order valence-electron chi connectivity index (χ2n) is 6.18. The highest BCUT2D eigenvalue weighted by Crippen LogP contribution is 2.30. The van der Waals surface area contributed by atoms with E-state index in [-0.39, 0.29) is 0 Å². The standard InChI is InChI=1S/C16H20BrN5S/c17-11-1-4-15(19-10-11)22-7-5-21(6-8-22)12-2-3-13-14(9-12)23-16(18)20-13/h1,4,10,12H,2-3,5-9H2,(H2,18,20). The lowest BCUT2D eigenvalue weighted by atomic mass is 9.96. The first-order valence-corrected chi connectivity index (χ1v) is 9.64. The molecule has 2 aromatic heterocycles. The molecule has 0 bridgehead atoms. The number of pyridine rings is 1. The predicted molar refractivity (Wildman–Crippen MR) is 98.1 cm³/mol. The zero-order valence-corrected chi connectivity index (χ0v) is 15.3. The number of nitrogens with two attached hydrogens (primary N) is 1. The van der Waals surface area contributed by atoms with Crippen LogP contribution < -0.4 is 10.6 Å². The molecule has 0 saturated carbocycles. The summed E-state index contributed by atoms with van der Waals surface area (Å²) in [6.07, 6.45) is 5.26. The van der Waals surface area contributed by atoms with Crippen molar-refractivity contribution in [1.29, 1.82) is 0 Å². The van der Waals surface area contributed by atoms with Crippen LogP contribution in [0, 0.1) is 0 Å². The Morgan fingerprint density at radius 1 is 1.22 bits per heavy atom. The van der Waals surface area contributed by atoms with Crippen molar-refractivity contribution in [1.82, 2.24) is 14.9 Å². The Kier molecular flexibility index (Phi) is 4.26. The van der Waals surface area contributed by atoms with E-state index >= 15 is 0 Å². The molecule has 7 heteroatoms. The number of fused-ring (bicyclic) bond motifs is 1. The number of aryl methyl sites for hydroxylation is 1. The number of rotatable bonds is 2. The average Bonchev–Trinajstić information content (AvgIpc) is 2.95. The number of piperazine rings is 1. The summed E-state index contributed by atoms with van der Waals surface area (Å²) in [4.78, 5) is 15.4. The van der Waals surface area contributed by atoms with Crippen LogP contribution in [0.15, 0.2) is 22.8 Å². The summed E-state index contributed by atoms with van der Waals surface area (Å²) in [5, 5.41) is 0.724. The fourth-order valence-electron chi connectivity index (χ4n) is 3.56. The molecule has 2 aromatic rings. The molecule has 4 rings (SSSR count). The first kappa shape index (κ1) is 15.4. The van der Waals surface area contributed by atoms with Crippen LogP contribution in [0.25, 0.3) is 0 Å². The Labute approximate surface area is 148 Å². The minimum atomic E-state index is 0.641. The van der Waals surface area contributed by atoms with E-state index in [9.17, 15) is 0 Å². The maximum atomic E-state index is 5.85. The number of thiazole rings is 1. The Morgan fingerprint density at radius 3 is 2.78 bits per heavy atom. The number of anilines is 2. The monoisotopic (exact) mass is 393 g/mol. The van der Waals surface area contributed by atoms with Gasteiger partial charge in [-0.2, -0.15) is 0 Å². The summed E-state index contributed by atoms with van der Waals surface area (Å²) in [5.74, 6) is 1.08. The molecular formula is C16H20BrN5S. The number of nitrogen functional groups attached to an aromatic ring is 1. The molecule has 3 heterocycles. The SMILES string of the molecule is Nc1nc2c(s1)CC(N1CCN(c3ccc(Br)cn3)CC1)CC2. The quantitative estimate of drug-likeness (QED) is 0.849. The molecule has 0 spiro atoms. The van der Waals surface area contributed by atoms with Crippen LogP contribution in [0.1, 0.15) is 17.0 Å². The molecule has 0 radical (unpaired) electrons. The van der Waals surface area contributed by atoms with Gasteiger partial charge in [0, 0.05) is 47.8 Å². The van der Waals surface area contributed by atoms with Gasteiger partial charge in [-0.3, -0.25) is 4.90 Å². The largest absolute Gasteiger partial charge is 0.375 e. The van der Waals surface area contributed by atoms with Crippen LogP contribution >= 0.6 is 27.3 Å². The lowest BCUT2D eigenvalue weighted by Gasteiger charge is -2.40. The second kappa shape index (κ2) is 6.37. The van der Waals surface area contributed by atoms with Gasteiger partial charge in [0.1, 0.15) is 5.82 Å². The molecule has 1 fully saturated rings. The molecule has 1 unspecified atom stereocenters. The van der Waals surface area contributed by atoms with E-state index < -0.39 is 0 Å². The molecule has 1 aliphatic carbocycles. The van der Waals surface area contributed by atoms with Crippen LogP contribution in [0.2, 0.25) is 0 Å². The van der Waals surface area contributed by atoms with Gasteiger partial charge in [0.05, 0.1) is 5.69 Å². The van der Waals surface area contributed by atoms with Gasteiger partial charge in [0.25, 0.3) is 0 Å². The van der Waals surface area contributed by atoms with Crippen LogP contribution in [-0.2, 0) is 12.8 Å². The summed E-state index contributed by atoms with van der Waals surface area (Å²) in [7, 11) is 0. The Balaban J connectivity index is 1.37. The van der Waals surface area contributed by atoms with E-state index in [1.54, 1.807) is 11.3 Å². The van der Waals surface area contributed by atoms with Crippen LogP contribution in [0.3, 0.4) is 0 Å². The van der Waals surface area contributed by atoms with Gasteiger partial charge in [0.15, 0.2) is 5.13 Å². The number of hydrogen-bond acceptors (Lipinski definition) is 6. The van der Waals surface area contributed by atoms with Crippen molar-refractivity contribution in [2.24, 2.45) is 0 Å². The van der Waals surface area contributed by atoms with Crippen molar-refractivity contribution in [2.75, 3.05) is 36.8 Å². The highest BCUT2D eigenvalue weighted by molar-refractivity contribution is 9.10. The zero-order valence-electron chi connectivity index (χ0n) is 12.9. The minimum Gasteiger partial charge on any atom is -0.375 e. The van der Waals surface area contributed by atoms with Gasteiger partial charge in [0.2, 0.25) is 0 Å². The third kappa shape index (κ3) is 3.22. The lowest BCUT2D eigenvalue weighted by Crippen LogP contribution is -2.51. The van der Waals surface area contributed by atoms with Crippen molar-refractivity contribution in [2.45, 2.75) is 25.3 Å². The highest BCUT2D eigenvalue weighted by atomic mass is 79.9. The van der Waals surface area contributed by atoms with Crippen molar-refractivity contribution in [3.8, 4) is 0 Å². The fraction of sp³-hybridized carbons (Fsp3) is 0.500. The molecule has 0 aromatic carbocycles. The van der Waals surface area contributed by atoms with Crippen LogP contribution in [0.5, 0.6) is 0 Å². The van der Waals surface area contributed by atoms with E-state index in [2.05, 4.69) is 47.8 Å². The zero-order chi connectivity index (χ0) is 15.8. The number of hydrogen-bond donors (Lipinski definition) is 1. The van der Waals surface area contributed by atoms with E-state index in [0.29, 0.717) is 6.04 Å². The summed E-state index contributed by atoms with van der Waals surface area (Å²) in [6, 6.07) is 4.79. The molecular weight excluding hydrogens is 374 g/mol. The Morgan fingerprint density at radius 2 is 2.04 bits per heavy atom. The van der Waals surface area contributed by atoms with Crippen LogP contribution in [-0.4, -0.2) is 47.1 Å². The topological polar surface area (TPSA) is 58.3 Å². The molecule has 2 N–H and O–H groups in total. The van der Waals surface area contributed by atoms with E-state index in [1.807, 2.05) is 6.20 Å². The third-order valence-electron chi connectivity index (χ3n) is 4.80. The van der Waals surface area contributed by atoms with Crippen molar-refractivity contribution < 1.29 is 0 Å². The molecule has 1 aliphatic heterocycles. The number of nitrogens with zero attached hydrogens (tertiary/aromatic N) is 4. The van der Waals surface area contributed by atoms with E-state index in [1.165, 1.54) is 17.0 Å². The van der Waals surface area contributed by atoms with Crippen molar-refractivity contribution in [3.63, 3.8) is 0 Å². The molecule has 0 amide bonds. The van der Waals surface area contributed by atoms with Gasteiger partial charge < -0.3 is 10.6 Å². The Bertz CT molecular complexity index is 678. The summed E-state index contributed by atoms with van der Waals surface area (Å²) < 4.78 is 1.03. The van der Waals surface area contributed by atoms with Gasteiger partial charge in [-0.25, -0.2) is 9.97 Å². The normalized spacial score (nSPS) is 22.1. The molecule has 2 aliphatic rings.